The third-order valence-electron chi connectivity index (χ3n) is 5.17. The van der Waals surface area contributed by atoms with Crippen molar-refractivity contribution >= 4 is 16.0 Å². The Kier molecular flexibility index (Phi) is 6.92. The molecule has 3 N–H and O–H groups in total. The lowest BCUT2D eigenvalue weighted by Gasteiger charge is -2.41. The third-order valence-corrected chi connectivity index (χ3v) is 7.03. The lowest BCUT2D eigenvalue weighted by molar-refractivity contribution is 0.131. The van der Waals surface area contributed by atoms with E-state index in [4.69, 9.17) is 0 Å². The molecule has 0 bridgehead atoms. The summed E-state index contributed by atoms with van der Waals surface area (Å²) in [6.07, 6.45) is 4.98. The highest BCUT2D eigenvalue weighted by Gasteiger charge is 2.35. The van der Waals surface area contributed by atoms with Crippen LogP contribution in [-0.2, 0) is 16.6 Å². The number of aliphatic imine (C=N–C) groups is 1. The van der Waals surface area contributed by atoms with Crippen molar-refractivity contribution < 1.29 is 8.42 Å². The van der Waals surface area contributed by atoms with Gasteiger partial charge in [0.2, 0.25) is 10.0 Å². The Balaban J connectivity index is 2.05. The number of rotatable bonds is 7. The van der Waals surface area contributed by atoms with Gasteiger partial charge in [0.1, 0.15) is 0 Å². The average Bonchev–Trinajstić information content (AvgIpc) is 2.55. The van der Waals surface area contributed by atoms with Gasteiger partial charge in [-0.3, -0.25) is 4.99 Å². The van der Waals surface area contributed by atoms with E-state index in [0.717, 1.165) is 13.0 Å². The Hall–Kier alpha value is -1.60. The molecule has 2 rings (SSSR count). The summed E-state index contributed by atoms with van der Waals surface area (Å²) in [5, 5.41) is 6.66. The van der Waals surface area contributed by atoms with E-state index in [-0.39, 0.29) is 0 Å². The van der Waals surface area contributed by atoms with Crippen molar-refractivity contribution in [2.75, 3.05) is 13.6 Å². The number of hydrogen-bond acceptors (Lipinski definition) is 3. The van der Waals surface area contributed by atoms with Crippen molar-refractivity contribution in [3.8, 4) is 0 Å². The predicted octanol–water partition coefficient (Wildman–Crippen LogP) is 3.01. The molecule has 0 heterocycles. The molecule has 1 aliphatic carbocycles. The van der Waals surface area contributed by atoms with E-state index in [1.807, 2.05) is 32.9 Å². The van der Waals surface area contributed by atoms with Gasteiger partial charge in [-0.15, -0.1) is 0 Å². The molecule has 27 heavy (non-hydrogen) atoms. The smallest absolute Gasteiger partial charge is 0.241 e. The molecule has 0 saturated heterocycles. The van der Waals surface area contributed by atoms with E-state index in [1.54, 1.807) is 19.2 Å². The Bertz CT molecular complexity index is 757. The molecule has 1 saturated carbocycles. The maximum absolute atomic E-state index is 12.7. The fourth-order valence-corrected chi connectivity index (χ4v) is 5.03. The Labute approximate surface area is 164 Å². The number of nitrogens with one attached hydrogen (secondary N) is 3. The Morgan fingerprint density at radius 3 is 2.37 bits per heavy atom. The van der Waals surface area contributed by atoms with Crippen molar-refractivity contribution in [3.05, 3.63) is 29.8 Å². The SMILES string of the molecule is CCC1(CNC(=NC)NCc2ccccc2S(=O)(=O)NC(C)(C)C)CCC1. The van der Waals surface area contributed by atoms with Gasteiger partial charge in [-0.25, -0.2) is 13.1 Å². The summed E-state index contributed by atoms with van der Waals surface area (Å²) in [5.41, 5.74) is 0.565. The first-order valence-corrected chi connectivity index (χ1v) is 11.2. The largest absolute Gasteiger partial charge is 0.356 e. The minimum absolute atomic E-state index is 0.298. The van der Waals surface area contributed by atoms with Gasteiger partial charge >= 0.3 is 0 Å². The van der Waals surface area contributed by atoms with Crippen molar-refractivity contribution in [3.63, 3.8) is 0 Å². The molecule has 1 aromatic rings. The van der Waals surface area contributed by atoms with E-state index in [1.165, 1.54) is 19.3 Å². The van der Waals surface area contributed by atoms with Crippen molar-refractivity contribution in [1.29, 1.82) is 0 Å². The fraction of sp³-hybridized carbons (Fsp3) is 0.650. The van der Waals surface area contributed by atoms with Crippen LogP contribution in [0.15, 0.2) is 34.2 Å². The van der Waals surface area contributed by atoms with Gasteiger partial charge in [0, 0.05) is 25.7 Å². The zero-order chi connectivity index (χ0) is 20.1. The molecule has 0 unspecified atom stereocenters. The molecule has 0 spiro atoms. The van der Waals surface area contributed by atoms with Crippen LogP contribution in [0.25, 0.3) is 0 Å². The third kappa shape index (κ3) is 5.94. The molecule has 1 aliphatic rings. The zero-order valence-corrected chi connectivity index (χ0v) is 18.0. The van der Waals surface area contributed by atoms with Gasteiger partial charge < -0.3 is 10.6 Å². The topological polar surface area (TPSA) is 82.6 Å². The molecular formula is C20H34N4O2S. The zero-order valence-electron chi connectivity index (χ0n) is 17.2. The second-order valence-corrected chi connectivity index (χ2v) is 10.1. The van der Waals surface area contributed by atoms with Crippen molar-refractivity contribution in [2.45, 2.75) is 70.4 Å². The van der Waals surface area contributed by atoms with E-state index < -0.39 is 15.6 Å². The lowest BCUT2D eigenvalue weighted by atomic mass is 9.67. The van der Waals surface area contributed by atoms with Crippen LogP contribution in [0.4, 0.5) is 0 Å². The summed E-state index contributed by atoms with van der Waals surface area (Å²) in [6.45, 7) is 9.03. The summed E-state index contributed by atoms with van der Waals surface area (Å²) >= 11 is 0. The van der Waals surface area contributed by atoms with Gasteiger partial charge in [-0.2, -0.15) is 0 Å². The minimum Gasteiger partial charge on any atom is -0.356 e. The lowest BCUT2D eigenvalue weighted by Crippen LogP contribution is -2.46. The number of sulfonamides is 1. The second kappa shape index (κ2) is 8.61. The van der Waals surface area contributed by atoms with Gasteiger partial charge in [-0.05, 0) is 57.1 Å². The van der Waals surface area contributed by atoms with Gasteiger partial charge in [0.15, 0.2) is 5.96 Å². The molecule has 152 valence electrons. The monoisotopic (exact) mass is 394 g/mol. The number of nitrogens with zero attached hydrogens (tertiary/aromatic N) is 1. The Morgan fingerprint density at radius 1 is 1.19 bits per heavy atom. The highest BCUT2D eigenvalue weighted by atomic mass is 32.2. The molecule has 6 nitrogen and oxygen atoms in total. The van der Waals surface area contributed by atoms with Crippen LogP contribution >= 0.6 is 0 Å². The summed E-state index contributed by atoms with van der Waals surface area (Å²) in [6, 6.07) is 7.07. The molecule has 7 heteroatoms. The summed E-state index contributed by atoms with van der Waals surface area (Å²) in [4.78, 5) is 4.58. The summed E-state index contributed by atoms with van der Waals surface area (Å²) in [5.74, 6) is 0.700. The first-order valence-electron chi connectivity index (χ1n) is 9.67. The summed E-state index contributed by atoms with van der Waals surface area (Å²) < 4.78 is 28.2. The van der Waals surface area contributed by atoms with Crippen molar-refractivity contribution in [1.82, 2.24) is 15.4 Å². The molecule has 0 radical (unpaired) electrons. The second-order valence-electron chi connectivity index (χ2n) is 8.45. The molecule has 0 aromatic heterocycles. The van der Waals surface area contributed by atoms with Crippen LogP contribution in [-0.4, -0.2) is 33.5 Å². The van der Waals surface area contributed by atoms with Crippen LogP contribution in [0.1, 0.15) is 58.9 Å². The van der Waals surface area contributed by atoms with Crippen LogP contribution < -0.4 is 15.4 Å². The minimum atomic E-state index is -3.59. The van der Waals surface area contributed by atoms with Gasteiger partial charge in [0.25, 0.3) is 0 Å². The maximum Gasteiger partial charge on any atom is 0.241 e. The molecule has 1 aromatic carbocycles. The molecule has 0 atom stereocenters. The van der Waals surface area contributed by atoms with Gasteiger partial charge in [-0.1, -0.05) is 31.5 Å². The first kappa shape index (κ1) is 21.7. The average molecular weight is 395 g/mol. The van der Waals surface area contributed by atoms with E-state index >= 15 is 0 Å². The molecule has 0 amide bonds. The van der Waals surface area contributed by atoms with Crippen LogP contribution in [0.2, 0.25) is 0 Å². The fourth-order valence-electron chi connectivity index (χ4n) is 3.37. The van der Waals surface area contributed by atoms with E-state index in [0.29, 0.717) is 28.4 Å². The summed E-state index contributed by atoms with van der Waals surface area (Å²) in [7, 11) is -1.85. The van der Waals surface area contributed by atoms with Crippen LogP contribution in [0.5, 0.6) is 0 Å². The highest BCUT2D eigenvalue weighted by molar-refractivity contribution is 7.89. The first-order chi connectivity index (χ1) is 12.6. The highest BCUT2D eigenvalue weighted by Crippen LogP contribution is 2.42. The predicted molar refractivity (Wildman–Crippen MR) is 111 cm³/mol. The standard InChI is InChI=1S/C20H34N4O2S/c1-6-20(12-9-13-20)15-23-18(21-5)22-14-16-10-7-8-11-17(16)27(25,26)24-19(2,3)4/h7-8,10-11,24H,6,9,12-15H2,1-5H3,(H2,21,22,23). The normalized spacial score (nSPS) is 17.3. The quantitative estimate of drug-likeness (QED) is 0.490. The molecule has 1 fully saturated rings. The Morgan fingerprint density at radius 2 is 1.85 bits per heavy atom. The maximum atomic E-state index is 12.7. The molecular weight excluding hydrogens is 360 g/mol. The van der Waals surface area contributed by atoms with E-state index in [9.17, 15) is 8.42 Å². The molecule has 0 aliphatic heterocycles. The van der Waals surface area contributed by atoms with Crippen molar-refractivity contribution in [2.24, 2.45) is 10.4 Å². The number of benzene rings is 1. The van der Waals surface area contributed by atoms with Crippen LogP contribution in [0.3, 0.4) is 0 Å². The number of guanidine groups is 1. The van der Waals surface area contributed by atoms with Gasteiger partial charge in [0.05, 0.1) is 4.90 Å². The number of hydrogen-bond donors (Lipinski definition) is 3. The van der Waals surface area contributed by atoms with E-state index in [2.05, 4.69) is 27.3 Å². The van der Waals surface area contributed by atoms with Crippen LogP contribution in [0, 0.1) is 5.41 Å².